The van der Waals surface area contributed by atoms with E-state index in [0.29, 0.717) is 39.0 Å². The molecule has 0 spiro atoms. The van der Waals surface area contributed by atoms with Crippen molar-refractivity contribution in [1.82, 2.24) is 20.2 Å². The van der Waals surface area contributed by atoms with Gasteiger partial charge in [-0.3, -0.25) is 19.6 Å². The van der Waals surface area contributed by atoms with Crippen LogP contribution in [0, 0.1) is 0 Å². The summed E-state index contributed by atoms with van der Waals surface area (Å²) in [6, 6.07) is 18.0. The molecule has 0 fully saturated rings. The Bertz CT molecular complexity index is 1200. The molecule has 3 amide bonds. The van der Waals surface area contributed by atoms with E-state index in [0.717, 1.165) is 27.0 Å². The molecule has 202 valence electrons. The summed E-state index contributed by atoms with van der Waals surface area (Å²) in [5.74, 6) is 5.63. The summed E-state index contributed by atoms with van der Waals surface area (Å²) in [5, 5.41) is 4.65. The summed E-state index contributed by atoms with van der Waals surface area (Å²) in [6.07, 6.45) is 2.83. The number of hydrogen-bond acceptors (Lipinski definition) is 7. The number of hydrazine groups is 1. The molecule has 10 heteroatoms. The smallest absolute Gasteiger partial charge is 0.332 e. The van der Waals surface area contributed by atoms with Crippen molar-refractivity contribution >= 4 is 28.6 Å². The van der Waals surface area contributed by atoms with Crippen LogP contribution in [0.1, 0.15) is 24.0 Å². The Morgan fingerprint density at radius 3 is 2.29 bits per heavy atom. The number of Topliss-reactive ketones (excluding diaryl/α,β-unsaturated/α-hetero) is 1. The molecule has 7 N–H and O–H groups in total. The highest BCUT2D eigenvalue weighted by Crippen LogP contribution is 2.15. The van der Waals surface area contributed by atoms with E-state index in [4.69, 9.17) is 17.3 Å². The van der Waals surface area contributed by atoms with Gasteiger partial charge in [0.25, 0.3) is 0 Å². The number of amides is 3. The summed E-state index contributed by atoms with van der Waals surface area (Å²) in [6.45, 7) is 1.39. The van der Waals surface area contributed by atoms with Gasteiger partial charge in [0.1, 0.15) is 0 Å². The largest absolute Gasteiger partial charge is 0.340 e. The van der Waals surface area contributed by atoms with Crippen molar-refractivity contribution < 1.29 is 14.4 Å². The number of pyridine rings is 1. The first kappa shape index (κ1) is 28.7. The highest BCUT2D eigenvalue weighted by molar-refractivity contribution is 5.91. The van der Waals surface area contributed by atoms with Gasteiger partial charge in [-0.2, -0.15) is 0 Å². The second-order valence-electron chi connectivity index (χ2n) is 9.11. The molecule has 10 nitrogen and oxygen atoms in total. The number of nitrogens with one attached hydrogen (secondary N) is 1. The lowest BCUT2D eigenvalue weighted by atomic mass is 9.98. The maximum absolute atomic E-state index is 13.3. The molecule has 0 unspecified atom stereocenters. The van der Waals surface area contributed by atoms with E-state index in [1.54, 1.807) is 11.1 Å². The lowest BCUT2D eigenvalue weighted by Crippen LogP contribution is -2.52. The van der Waals surface area contributed by atoms with Crippen LogP contribution in [0.15, 0.2) is 66.9 Å². The minimum atomic E-state index is -0.762. The summed E-state index contributed by atoms with van der Waals surface area (Å²) in [5.41, 5.74) is 13.8. The van der Waals surface area contributed by atoms with E-state index >= 15 is 0 Å². The molecule has 0 radical (unpaired) electrons. The molecule has 0 saturated carbocycles. The highest BCUT2D eigenvalue weighted by Gasteiger charge is 2.24. The molecule has 1 aromatic heterocycles. The van der Waals surface area contributed by atoms with Gasteiger partial charge in [0.2, 0.25) is 5.91 Å². The number of para-hydroxylation sites is 1. The zero-order chi connectivity index (χ0) is 27.3. The van der Waals surface area contributed by atoms with Gasteiger partial charge in [-0.15, -0.1) is 0 Å². The number of fused-ring (bicyclic) bond motifs is 1. The molecule has 3 aromatic rings. The summed E-state index contributed by atoms with van der Waals surface area (Å²) in [4.78, 5) is 44.7. The molecule has 1 atom stereocenters. The second-order valence-corrected chi connectivity index (χ2v) is 9.11. The summed E-state index contributed by atoms with van der Waals surface area (Å²) < 4.78 is 0. The Morgan fingerprint density at radius 2 is 1.58 bits per heavy atom. The molecule has 0 aliphatic rings. The van der Waals surface area contributed by atoms with Crippen molar-refractivity contribution in [2.75, 3.05) is 32.7 Å². The van der Waals surface area contributed by atoms with Gasteiger partial charge in [0.05, 0.1) is 11.6 Å². The maximum Gasteiger partial charge on any atom is 0.332 e. The van der Waals surface area contributed by atoms with Crippen LogP contribution in [-0.4, -0.2) is 71.4 Å². The molecular formula is C28H37N7O3. The molecule has 0 saturated heterocycles. The predicted molar refractivity (Wildman–Crippen MR) is 148 cm³/mol. The number of benzene rings is 2. The van der Waals surface area contributed by atoms with E-state index in [-0.39, 0.29) is 31.1 Å². The zero-order valence-corrected chi connectivity index (χ0v) is 21.6. The first-order chi connectivity index (χ1) is 18.4. The number of carbonyl (C=O) groups is 3. The number of aromatic nitrogens is 1. The van der Waals surface area contributed by atoms with Crippen LogP contribution in [0.5, 0.6) is 0 Å². The molecule has 0 bridgehead atoms. The molecule has 0 aliphatic heterocycles. The van der Waals surface area contributed by atoms with Gasteiger partial charge >= 0.3 is 6.03 Å². The van der Waals surface area contributed by atoms with Crippen LogP contribution in [-0.2, 0) is 22.4 Å². The van der Waals surface area contributed by atoms with Crippen molar-refractivity contribution in [3.05, 3.63) is 78.0 Å². The van der Waals surface area contributed by atoms with Crippen molar-refractivity contribution in [1.29, 1.82) is 0 Å². The van der Waals surface area contributed by atoms with Crippen LogP contribution in [0.2, 0.25) is 0 Å². The number of ketones is 1. The second kappa shape index (κ2) is 14.8. The standard InChI is InChI=1S/C28H37N7O3/c29-13-16-34(17-14-30)27(37)12-15-35(31)28(38)33-25(11-10-21-6-2-1-3-7-21)26(36)19-22-18-23-8-4-5-9-24(23)32-20-22/h1-9,18,20,25H,10-17,19,29-31H2,(H,33,38)/t25-/m0/s1. The quantitative estimate of drug-likeness (QED) is 0.142. The number of rotatable bonds is 14. The third kappa shape index (κ3) is 8.62. The number of nitrogens with zero attached hydrogens (tertiary/aromatic N) is 3. The molecule has 1 heterocycles. The maximum atomic E-state index is 13.3. The zero-order valence-electron chi connectivity index (χ0n) is 21.6. The summed E-state index contributed by atoms with van der Waals surface area (Å²) in [7, 11) is 0. The number of urea groups is 1. The lowest BCUT2D eigenvalue weighted by Gasteiger charge is -2.25. The van der Waals surface area contributed by atoms with Crippen molar-refractivity contribution in [2.24, 2.45) is 17.3 Å². The van der Waals surface area contributed by atoms with E-state index in [9.17, 15) is 14.4 Å². The average molecular weight is 520 g/mol. The fourth-order valence-corrected chi connectivity index (χ4v) is 4.19. The summed E-state index contributed by atoms with van der Waals surface area (Å²) >= 11 is 0. The molecule has 3 rings (SSSR count). The first-order valence-electron chi connectivity index (χ1n) is 12.8. The van der Waals surface area contributed by atoms with E-state index in [2.05, 4.69) is 10.3 Å². The fraction of sp³-hybridized carbons (Fsp3) is 0.357. The minimum absolute atomic E-state index is 0.00942. The highest BCUT2D eigenvalue weighted by atomic mass is 16.2. The van der Waals surface area contributed by atoms with Crippen molar-refractivity contribution in [3.63, 3.8) is 0 Å². The van der Waals surface area contributed by atoms with Gasteiger partial charge in [0, 0.05) is 57.1 Å². The minimum Gasteiger partial charge on any atom is -0.340 e. The van der Waals surface area contributed by atoms with E-state index in [1.807, 2.05) is 60.7 Å². The van der Waals surface area contributed by atoms with Crippen LogP contribution in [0.4, 0.5) is 4.79 Å². The third-order valence-electron chi connectivity index (χ3n) is 6.25. The monoisotopic (exact) mass is 519 g/mol. The van der Waals surface area contributed by atoms with Gasteiger partial charge in [-0.25, -0.2) is 10.6 Å². The van der Waals surface area contributed by atoms with E-state index < -0.39 is 12.1 Å². The van der Waals surface area contributed by atoms with Gasteiger partial charge in [0.15, 0.2) is 5.78 Å². The first-order valence-corrected chi connectivity index (χ1v) is 12.8. The normalized spacial score (nSPS) is 11.7. The van der Waals surface area contributed by atoms with Crippen molar-refractivity contribution in [2.45, 2.75) is 31.7 Å². The van der Waals surface area contributed by atoms with Gasteiger partial charge in [-0.05, 0) is 36.1 Å². The predicted octanol–water partition coefficient (Wildman–Crippen LogP) is 1.37. The Hall–Kier alpha value is -3.86. The van der Waals surface area contributed by atoms with Crippen molar-refractivity contribution in [3.8, 4) is 0 Å². The number of nitrogens with two attached hydrogens (primary N) is 3. The SMILES string of the molecule is NCCN(CCN)C(=O)CCN(N)C(=O)N[C@@H](CCc1ccccc1)C(=O)Cc1cnc2ccccc2c1. The number of carbonyl (C=O) groups excluding carboxylic acids is 3. The topological polar surface area (TPSA) is 161 Å². The Labute approximate surface area is 223 Å². The Morgan fingerprint density at radius 1 is 0.895 bits per heavy atom. The Balaban J connectivity index is 1.65. The Kier molecular flexibility index (Phi) is 11.2. The van der Waals surface area contributed by atoms with Crippen LogP contribution in [0.25, 0.3) is 10.9 Å². The van der Waals surface area contributed by atoms with Crippen LogP contribution >= 0.6 is 0 Å². The third-order valence-corrected chi connectivity index (χ3v) is 6.25. The van der Waals surface area contributed by atoms with Crippen LogP contribution in [0.3, 0.4) is 0 Å². The average Bonchev–Trinajstić information content (AvgIpc) is 2.93. The van der Waals surface area contributed by atoms with Gasteiger partial charge in [-0.1, -0.05) is 48.5 Å². The number of aryl methyl sites for hydroxylation is 1. The fourth-order valence-electron chi connectivity index (χ4n) is 4.19. The molecular weight excluding hydrogens is 482 g/mol. The molecule has 2 aromatic carbocycles. The van der Waals surface area contributed by atoms with E-state index in [1.165, 1.54) is 0 Å². The van der Waals surface area contributed by atoms with Crippen LogP contribution < -0.4 is 22.6 Å². The van der Waals surface area contributed by atoms with Gasteiger partial charge < -0.3 is 21.7 Å². The number of hydrogen-bond donors (Lipinski definition) is 4. The lowest BCUT2D eigenvalue weighted by molar-refractivity contribution is -0.131. The molecule has 0 aliphatic carbocycles. The molecule has 38 heavy (non-hydrogen) atoms.